The summed E-state index contributed by atoms with van der Waals surface area (Å²) in [6.45, 7) is 4.73. The first-order valence-corrected chi connectivity index (χ1v) is 5.97. The van der Waals surface area contributed by atoms with Gasteiger partial charge in [-0.3, -0.25) is 4.90 Å². The number of nitrogens with one attached hydrogen (secondary N) is 1. The molecule has 5 nitrogen and oxygen atoms in total. The monoisotopic (exact) mass is 247 g/mol. The van der Waals surface area contributed by atoms with Crippen LogP contribution in [0.3, 0.4) is 0 Å². The first-order chi connectivity index (χ1) is 8.74. The molecule has 0 spiro atoms. The van der Waals surface area contributed by atoms with Gasteiger partial charge in [-0.05, 0) is 17.7 Å². The lowest BCUT2D eigenvalue weighted by Gasteiger charge is -2.27. The third-order valence-electron chi connectivity index (χ3n) is 3.09. The highest BCUT2D eigenvalue weighted by Gasteiger charge is 2.14. The Balaban J connectivity index is 2.19. The number of hydrogen-bond donors (Lipinski definition) is 2. The van der Waals surface area contributed by atoms with E-state index in [1.165, 1.54) is 7.11 Å². The highest BCUT2D eigenvalue weighted by atomic mass is 16.5. The molecule has 5 heteroatoms. The molecule has 1 fully saturated rings. The Labute approximate surface area is 107 Å². The van der Waals surface area contributed by atoms with Crippen molar-refractivity contribution in [3.05, 3.63) is 23.3 Å². The van der Waals surface area contributed by atoms with Crippen LogP contribution >= 0.6 is 0 Å². The van der Waals surface area contributed by atoms with Crippen LogP contribution in [-0.4, -0.2) is 43.3 Å². The Hall–Kier alpha value is -1.77. The van der Waals surface area contributed by atoms with Crippen LogP contribution in [0.1, 0.15) is 11.1 Å². The fourth-order valence-corrected chi connectivity index (χ4v) is 2.12. The third-order valence-corrected chi connectivity index (χ3v) is 3.09. The number of benzene rings is 1. The van der Waals surface area contributed by atoms with Crippen LogP contribution in [0.5, 0.6) is 11.5 Å². The van der Waals surface area contributed by atoms with Gasteiger partial charge in [-0.25, -0.2) is 0 Å². The number of ether oxygens (including phenoxy) is 1. The van der Waals surface area contributed by atoms with E-state index in [1.54, 1.807) is 12.1 Å². The van der Waals surface area contributed by atoms with Gasteiger partial charge in [0.25, 0.3) is 0 Å². The summed E-state index contributed by atoms with van der Waals surface area (Å²) in [5.41, 5.74) is 1.25. The summed E-state index contributed by atoms with van der Waals surface area (Å²) in [5.74, 6) is 0.281. The Kier molecular flexibility index (Phi) is 4.03. The quantitative estimate of drug-likeness (QED) is 0.822. The normalized spacial score (nSPS) is 16.2. The molecule has 96 valence electrons. The molecular formula is C13H17N3O2. The van der Waals surface area contributed by atoms with E-state index < -0.39 is 0 Å². The zero-order valence-electron chi connectivity index (χ0n) is 10.4. The van der Waals surface area contributed by atoms with Crippen LogP contribution in [-0.2, 0) is 6.54 Å². The topological polar surface area (TPSA) is 68.5 Å². The Morgan fingerprint density at radius 3 is 2.78 bits per heavy atom. The number of hydrogen-bond acceptors (Lipinski definition) is 5. The highest BCUT2D eigenvalue weighted by Crippen LogP contribution is 2.31. The summed E-state index contributed by atoms with van der Waals surface area (Å²) < 4.78 is 5.09. The zero-order chi connectivity index (χ0) is 13.0. The lowest BCUT2D eigenvalue weighted by molar-refractivity contribution is 0.233. The fraction of sp³-hybridized carbons (Fsp3) is 0.462. The van der Waals surface area contributed by atoms with Gasteiger partial charge >= 0.3 is 0 Å². The van der Waals surface area contributed by atoms with Crippen molar-refractivity contribution in [1.82, 2.24) is 10.2 Å². The second-order valence-electron chi connectivity index (χ2n) is 4.33. The maximum absolute atomic E-state index is 9.75. The molecule has 1 heterocycles. The first kappa shape index (κ1) is 12.7. The van der Waals surface area contributed by atoms with Gasteiger partial charge in [0.05, 0.1) is 12.7 Å². The predicted molar refractivity (Wildman–Crippen MR) is 67.5 cm³/mol. The molecule has 1 aliphatic heterocycles. The molecule has 0 amide bonds. The summed E-state index contributed by atoms with van der Waals surface area (Å²) in [6.07, 6.45) is 0. The van der Waals surface area contributed by atoms with Crippen molar-refractivity contribution in [3.8, 4) is 17.6 Å². The third kappa shape index (κ3) is 2.73. The van der Waals surface area contributed by atoms with Crippen molar-refractivity contribution in [2.24, 2.45) is 0 Å². The minimum atomic E-state index is -0.0796. The number of rotatable bonds is 3. The second kappa shape index (κ2) is 5.71. The van der Waals surface area contributed by atoms with E-state index in [4.69, 9.17) is 10.00 Å². The lowest BCUT2D eigenvalue weighted by atomic mass is 10.1. The minimum Gasteiger partial charge on any atom is -0.503 e. The van der Waals surface area contributed by atoms with Crippen LogP contribution in [0.25, 0.3) is 0 Å². The van der Waals surface area contributed by atoms with Crippen LogP contribution in [0.2, 0.25) is 0 Å². The maximum Gasteiger partial charge on any atom is 0.175 e. The number of phenols is 1. The summed E-state index contributed by atoms with van der Waals surface area (Å²) in [4.78, 5) is 2.31. The molecule has 0 aromatic heterocycles. The average molecular weight is 247 g/mol. The van der Waals surface area contributed by atoms with Gasteiger partial charge in [-0.15, -0.1) is 0 Å². The van der Waals surface area contributed by atoms with E-state index in [1.807, 2.05) is 6.07 Å². The van der Waals surface area contributed by atoms with E-state index in [0.29, 0.717) is 5.75 Å². The SMILES string of the molecule is COc1cc(CN2CCNCC2)cc(C#N)c1O. The molecule has 2 rings (SSSR count). The van der Waals surface area contributed by atoms with E-state index >= 15 is 0 Å². The van der Waals surface area contributed by atoms with Crippen molar-refractivity contribution in [2.75, 3.05) is 33.3 Å². The van der Waals surface area contributed by atoms with Crippen LogP contribution in [0, 0.1) is 11.3 Å². The molecule has 0 saturated carbocycles. The summed E-state index contributed by atoms with van der Waals surface area (Å²) in [6, 6.07) is 5.50. The molecular weight excluding hydrogens is 230 g/mol. The molecule has 0 bridgehead atoms. The molecule has 1 aromatic carbocycles. The Morgan fingerprint density at radius 1 is 1.44 bits per heavy atom. The largest absolute Gasteiger partial charge is 0.503 e. The molecule has 1 aliphatic rings. The number of nitriles is 1. The first-order valence-electron chi connectivity index (χ1n) is 5.97. The van der Waals surface area contributed by atoms with Crippen LogP contribution in [0.15, 0.2) is 12.1 Å². The van der Waals surface area contributed by atoms with Crippen LogP contribution in [0.4, 0.5) is 0 Å². The van der Waals surface area contributed by atoms with Crippen molar-refractivity contribution in [1.29, 1.82) is 5.26 Å². The molecule has 2 N–H and O–H groups in total. The summed E-state index contributed by atoms with van der Waals surface area (Å²) >= 11 is 0. The van der Waals surface area contributed by atoms with Crippen molar-refractivity contribution in [3.63, 3.8) is 0 Å². The summed E-state index contributed by atoms with van der Waals surface area (Å²) in [7, 11) is 1.49. The smallest absolute Gasteiger partial charge is 0.175 e. The van der Waals surface area contributed by atoms with Gasteiger partial charge < -0.3 is 15.2 Å². The van der Waals surface area contributed by atoms with Gasteiger partial charge in [0, 0.05) is 32.7 Å². The van der Waals surface area contributed by atoms with Gasteiger partial charge in [-0.2, -0.15) is 5.26 Å². The Bertz CT molecular complexity index is 462. The maximum atomic E-state index is 9.75. The Morgan fingerprint density at radius 2 is 2.17 bits per heavy atom. The van der Waals surface area contributed by atoms with Gasteiger partial charge in [0.2, 0.25) is 0 Å². The highest BCUT2D eigenvalue weighted by molar-refractivity contribution is 5.53. The second-order valence-corrected chi connectivity index (χ2v) is 4.33. The van der Waals surface area contributed by atoms with Gasteiger partial charge in [-0.1, -0.05) is 0 Å². The van der Waals surface area contributed by atoms with E-state index in [9.17, 15) is 5.11 Å². The van der Waals surface area contributed by atoms with Crippen molar-refractivity contribution < 1.29 is 9.84 Å². The van der Waals surface area contributed by atoms with Gasteiger partial charge in [0.15, 0.2) is 11.5 Å². The number of phenolic OH excluding ortho intramolecular Hbond substituents is 1. The number of aromatic hydroxyl groups is 1. The molecule has 0 aliphatic carbocycles. The van der Waals surface area contributed by atoms with E-state index in [0.717, 1.165) is 38.3 Å². The van der Waals surface area contributed by atoms with Gasteiger partial charge in [0.1, 0.15) is 6.07 Å². The molecule has 0 radical (unpaired) electrons. The van der Waals surface area contributed by atoms with Crippen molar-refractivity contribution >= 4 is 0 Å². The number of piperazine rings is 1. The average Bonchev–Trinajstić information content (AvgIpc) is 2.41. The molecule has 1 aromatic rings. The van der Waals surface area contributed by atoms with E-state index in [2.05, 4.69) is 10.2 Å². The standard InChI is InChI=1S/C13H17N3O2/c1-18-12-7-10(6-11(8-14)13(12)17)9-16-4-2-15-3-5-16/h6-7,15,17H,2-5,9H2,1H3. The molecule has 1 saturated heterocycles. The molecule has 18 heavy (non-hydrogen) atoms. The fourth-order valence-electron chi connectivity index (χ4n) is 2.12. The summed E-state index contributed by atoms with van der Waals surface area (Å²) in [5, 5.41) is 22.0. The van der Waals surface area contributed by atoms with Crippen LogP contribution < -0.4 is 10.1 Å². The lowest BCUT2D eigenvalue weighted by Crippen LogP contribution is -2.42. The predicted octanol–water partition coefficient (Wildman–Crippen LogP) is 0.678. The minimum absolute atomic E-state index is 0.0796. The van der Waals surface area contributed by atoms with Crippen molar-refractivity contribution in [2.45, 2.75) is 6.54 Å². The molecule has 0 unspecified atom stereocenters. The molecule has 0 atom stereocenters. The number of nitrogens with zero attached hydrogens (tertiary/aromatic N) is 2. The van der Waals surface area contributed by atoms with E-state index in [-0.39, 0.29) is 11.3 Å². The zero-order valence-corrected chi connectivity index (χ0v) is 10.4. The number of methoxy groups -OCH3 is 1.